The van der Waals surface area contributed by atoms with E-state index < -0.39 is 6.03 Å². The van der Waals surface area contributed by atoms with Crippen molar-refractivity contribution in [2.24, 2.45) is 0 Å². The van der Waals surface area contributed by atoms with Crippen LogP contribution in [0.5, 0.6) is 0 Å². The average molecular weight is 471 g/mol. The smallest absolute Gasteiger partial charge is 0.324 e. The van der Waals surface area contributed by atoms with Gasteiger partial charge in [-0.2, -0.15) is 0 Å². The van der Waals surface area contributed by atoms with E-state index in [4.69, 9.17) is 0 Å². The molecule has 178 valence electrons. The summed E-state index contributed by atoms with van der Waals surface area (Å²) in [6, 6.07) is 21.4. The lowest BCUT2D eigenvalue weighted by molar-refractivity contribution is -0.125. The molecule has 3 aromatic rings. The first-order chi connectivity index (χ1) is 16.9. The third-order valence-electron chi connectivity index (χ3n) is 5.68. The second-order valence-corrected chi connectivity index (χ2v) is 8.39. The molecule has 5 amide bonds. The summed E-state index contributed by atoms with van der Waals surface area (Å²) in [6.07, 6.45) is 0. The lowest BCUT2D eigenvalue weighted by Crippen LogP contribution is -2.30. The molecule has 0 radical (unpaired) electrons. The fraction of sp³-hybridized carbons (Fsp3) is 0.185. The zero-order valence-electron chi connectivity index (χ0n) is 19.3. The summed E-state index contributed by atoms with van der Waals surface area (Å²) in [4.78, 5) is 49.9. The van der Waals surface area contributed by atoms with E-state index in [0.29, 0.717) is 23.2 Å². The SMILES string of the molecule is Cc1ccc(CNC(=O)c2cccc(CNC(=O)c3cccc(CN4C(=O)CNC4=O)c3)c2)cc1. The minimum atomic E-state index is -0.437. The Morgan fingerprint density at radius 1 is 0.800 bits per heavy atom. The highest BCUT2D eigenvalue weighted by Gasteiger charge is 2.28. The van der Waals surface area contributed by atoms with Gasteiger partial charge in [0.05, 0.1) is 13.1 Å². The number of amides is 5. The molecule has 0 spiro atoms. The van der Waals surface area contributed by atoms with Crippen LogP contribution < -0.4 is 16.0 Å². The Labute approximate surface area is 203 Å². The number of carbonyl (C=O) groups is 4. The molecular formula is C27H26N4O4. The van der Waals surface area contributed by atoms with Crippen LogP contribution in [0.1, 0.15) is 43.0 Å². The zero-order chi connectivity index (χ0) is 24.8. The molecule has 8 heteroatoms. The summed E-state index contributed by atoms with van der Waals surface area (Å²) in [6.45, 7) is 2.78. The molecule has 1 heterocycles. The highest BCUT2D eigenvalue weighted by molar-refractivity contribution is 6.02. The Hall–Kier alpha value is -4.46. The molecule has 1 saturated heterocycles. The molecule has 3 N–H and O–H groups in total. The Bertz CT molecular complexity index is 1250. The van der Waals surface area contributed by atoms with Gasteiger partial charge in [-0.15, -0.1) is 0 Å². The number of rotatable bonds is 8. The van der Waals surface area contributed by atoms with Crippen molar-refractivity contribution in [3.05, 3.63) is 106 Å². The first-order valence-corrected chi connectivity index (χ1v) is 11.3. The molecule has 0 bridgehead atoms. The van der Waals surface area contributed by atoms with E-state index in [9.17, 15) is 19.2 Å². The number of benzene rings is 3. The molecule has 0 aromatic heterocycles. The van der Waals surface area contributed by atoms with Gasteiger partial charge < -0.3 is 16.0 Å². The fourth-order valence-electron chi connectivity index (χ4n) is 3.71. The Kier molecular flexibility index (Phi) is 7.21. The van der Waals surface area contributed by atoms with E-state index in [1.54, 1.807) is 42.5 Å². The van der Waals surface area contributed by atoms with Crippen LogP contribution in [0.4, 0.5) is 4.79 Å². The summed E-state index contributed by atoms with van der Waals surface area (Å²) in [7, 11) is 0. The van der Waals surface area contributed by atoms with Crippen molar-refractivity contribution < 1.29 is 19.2 Å². The predicted octanol–water partition coefficient (Wildman–Crippen LogP) is 2.91. The first-order valence-electron chi connectivity index (χ1n) is 11.3. The number of nitrogens with one attached hydrogen (secondary N) is 3. The molecular weight excluding hydrogens is 444 g/mol. The van der Waals surface area contributed by atoms with E-state index in [2.05, 4.69) is 16.0 Å². The normalized spacial score (nSPS) is 12.9. The molecule has 8 nitrogen and oxygen atoms in total. The van der Waals surface area contributed by atoms with Crippen LogP contribution in [-0.2, 0) is 24.4 Å². The van der Waals surface area contributed by atoms with E-state index >= 15 is 0 Å². The molecule has 0 atom stereocenters. The largest absolute Gasteiger partial charge is 0.348 e. The lowest BCUT2D eigenvalue weighted by atomic mass is 10.1. The maximum atomic E-state index is 12.7. The quantitative estimate of drug-likeness (QED) is 0.440. The van der Waals surface area contributed by atoms with Crippen LogP contribution in [-0.4, -0.2) is 35.2 Å². The van der Waals surface area contributed by atoms with E-state index in [1.165, 1.54) is 0 Å². The van der Waals surface area contributed by atoms with Crippen LogP contribution in [0.2, 0.25) is 0 Å². The molecule has 0 saturated carbocycles. The zero-order valence-corrected chi connectivity index (χ0v) is 19.3. The number of nitrogens with zero attached hydrogens (tertiary/aromatic N) is 1. The van der Waals surface area contributed by atoms with Crippen LogP contribution >= 0.6 is 0 Å². The highest BCUT2D eigenvalue weighted by atomic mass is 16.2. The van der Waals surface area contributed by atoms with Crippen molar-refractivity contribution in [1.82, 2.24) is 20.9 Å². The van der Waals surface area contributed by atoms with E-state index in [1.807, 2.05) is 37.3 Å². The summed E-state index contributed by atoms with van der Waals surface area (Å²) in [5.41, 5.74) is 4.58. The standard InChI is InChI=1S/C27H26N4O4/c1-18-8-10-19(11-9-18)14-28-25(33)22-6-2-4-20(12-22)15-29-26(34)23-7-3-5-21(13-23)17-31-24(32)16-30-27(31)35/h2-13H,14-17H2,1H3,(H,28,33)(H,29,34)(H,30,35). The number of hydrogen-bond acceptors (Lipinski definition) is 4. The van der Waals surface area contributed by atoms with Crippen molar-refractivity contribution in [2.75, 3.05) is 6.54 Å². The molecule has 1 aliphatic rings. The van der Waals surface area contributed by atoms with Gasteiger partial charge >= 0.3 is 6.03 Å². The second kappa shape index (κ2) is 10.6. The van der Waals surface area contributed by atoms with Crippen molar-refractivity contribution in [1.29, 1.82) is 0 Å². The second-order valence-electron chi connectivity index (χ2n) is 8.39. The van der Waals surface area contributed by atoms with Crippen molar-refractivity contribution in [3.63, 3.8) is 0 Å². The van der Waals surface area contributed by atoms with Crippen LogP contribution in [0.15, 0.2) is 72.8 Å². The van der Waals surface area contributed by atoms with Gasteiger partial charge in [-0.1, -0.05) is 54.1 Å². The summed E-state index contributed by atoms with van der Waals surface area (Å²) >= 11 is 0. The number of imide groups is 1. The van der Waals surface area contributed by atoms with Gasteiger partial charge in [0.2, 0.25) is 5.91 Å². The molecule has 0 aliphatic carbocycles. The van der Waals surface area contributed by atoms with Crippen molar-refractivity contribution in [2.45, 2.75) is 26.6 Å². The number of aryl methyl sites for hydroxylation is 1. The Morgan fingerprint density at radius 3 is 1.97 bits per heavy atom. The molecule has 0 unspecified atom stereocenters. The fourth-order valence-corrected chi connectivity index (χ4v) is 3.71. The molecule has 35 heavy (non-hydrogen) atoms. The topological polar surface area (TPSA) is 108 Å². The van der Waals surface area contributed by atoms with Crippen molar-refractivity contribution >= 4 is 23.8 Å². The summed E-state index contributed by atoms with van der Waals surface area (Å²) < 4.78 is 0. The molecule has 3 aromatic carbocycles. The minimum Gasteiger partial charge on any atom is -0.348 e. The van der Waals surface area contributed by atoms with Gasteiger partial charge in [-0.3, -0.25) is 19.3 Å². The Balaban J connectivity index is 1.33. The Morgan fingerprint density at radius 2 is 1.37 bits per heavy atom. The van der Waals surface area contributed by atoms with Gasteiger partial charge in [0.1, 0.15) is 0 Å². The maximum absolute atomic E-state index is 12.7. The minimum absolute atomic E-state index is 0.0119. The average Bonchev–Trinajstić information content (AvgIpc) is 3.19. The van der Waals surface area contributed by atoms with Crippen LogP contribution in [0.25, 0.3) is 0 Å². The monoisotopic (exact) mass is 470 g/mol. The van der Waals surface area contributed by atoms with Gasteiger partial charge in [-0.05, 0) is 47.9 Å². The highest BCUT2D eigenvalue weighted by Crippen LogP contribution is 2.12. The van der Waals surface area contributed by atoms with Crippen LogP contribution in [0, 0.1) is 6.92 Å². The number of urea groups is 1. The third kappa shape index (κ3) is 6.11. The van der Waals surface area contributed by atoms with Crippen LogP contribution in [0.3, 0.4) is 0 Å². The molecule has 1 aliphatic heterocycles. The summed E-state index contributed by atoms with van der Waals surface area (Å²) in [5, 5.41) is 8.24. The van der Waals surface area contributed by atoms with Gasteiger partial charge in [0, 0.05) is 24.2 Å². The third-order valence-corrected chi connectivity index (χ3v) is 5.68. The number of carbonyl (C=O) groups excluding carboxylic acids is 4. The predicted molar refractivity (Wildman–Crippen MR) is 130 cm³/mol. The maximum Gasteiger partial charge on any atom is 0.324 e. The first kappa shape index (κ1) is 23.7. The summed E-state index contributed by atoms with van der Waals surface area (Å²) in [5.74, 6) is -0.780. The van der Waals surface area contributed by atoms with Gasteiger partial charge in [0.15, 0.2) is 0 Å². The van der Waals surface area contributed by atoms with E-state index in [0.717, 1.165) is 21.6 Å². The molecule has 4 rings (SSSR count). The van der Waals surface area contributed by atoms with Gasteiger partial charge in [0.25, 0.3) is 11.8 Å². The lowest BCUT2D eigenvalue weighted by Gasteiger charge is -2.13. The number of hydrogen-bond donors (Lipinski definition) is 3. The van der Waals surface area contributed by atoms with Gasteiger partial charge in [-0.25, -0.2) is 4.79 Å². The van der Waals surface area contributed by atoms with Crippen molar-refractivity contribution in [3.8, 4) is 0 Å². The van der Waals surface area contributed by atoms with E-state index in [-0.39, 0.29) is 37.4 Å². The molecule has 1 fully saturated rings.